The van der Waals surface area contributed by atoms with Crippen LogP contribution in [0, 0.1) is 0 Å². The minimum Gasteiger partial charge on any atom is -0.489 e. The number of anilines is 1. The summed E-state index contributed by atoms with van der Waals surface area (Å²) in [5, 5.41) is 2.53. The van der Waals surface area contributed by atoms with E-state index in [4.69, 9.17) is 4.74 Å². The average Bonchev–Trinajstić information content (AvgIpc) is 2.72. The molecule has 0 unspecified atom stereocenters. The van der Waals surface area contributed by atoms with Crippen LogP contribution in [0.25, 0.3) is 6.08 Å². The first-order valence-corrected chi connectivity index (χ1v) is 8.83. The second kappa shape index (κ2) is 9.10. The molecule has 1 N–H and O–H groups in total. The maximum atomic E-state index is 12.6. The second-order valence-electron chi connectivity index (χ2n) is 6.24. The lowest BCUT2D eigenvalue weighted by atomic mass is 10.2. The molecule has 1 amide bonds. The van der Waals surface area contributed by atoms with Crippen LogP contribution >= 0.6 is 0 Å². The lowest BCUT2D eigenvalue weighted by Gasteiger charge is -2.08. The number of halogens is 3. The van der Waals surface area contributed by atoms with Crippen LogP contribution in [0.2, 0.25) is 0 Å². The predicted octanol–water partition coefficient (Wildman–Crippen LogP) is 5.94. The highest BCUT2D eigenvalue weighted by molar-refractivity contribution is 6.01. The van der Waals surface area contributed by atoms with Crippen molar-refractivity contribution in [1.29, 1.82) is 0 Å². The molecule has 3 aromatic rings. The zero-order chi connectivity index (χ0) is 20.7. The zero-order valence-corrected chi connectivity index (χ0v) is 15.3. The third-order valence-electron chi connectivity index (χ3n) is 4.01. The van der Waals surface area contributed by atoms with Crippen molar-refractivity contribution < 1.29 is 22.7 Å². The van der Waals surface area contributed by atoms with Crippen molar-refractivity contribution in [2.75, 3.05) is 5.32 Å². The summed E-state index contributed by atoms with van der Waals surface area (Å²) in [6, 6.07) is 21.3. The molecule has 0 bridgehead atoms. The molecular weight excluding hydrogens is 379 g/mol. The highest BCUT2D eigenvalue weighted by Gasteiger charge is 2.29. The largest absolute Gasteiger partial charge is 0.489 e. The summed E-state index contributed by atoms with van der Waals surface area (Å²) in [6.45, 7) is 0.433. The van der Waals surface area contributed by atoms with Crippen LogP contribution in [0.5, 0.6) is 5.75 Å². The summed E-state index contributed by atoms with van der Waals surface area (Å²) in [5.74, 6) is 0.222. The van der Waals surface area contributed by atoms with Crippen LogP contribution in [0.4, 0.5) is 18.9 Å². The van der Waals surface area contributed by atoms with Gasteiger partial charge in [-0.05, 0) is 53.6 Å². The van der Waals surface area contributed by atoms with Gasteiger partial charge < -0.3 is 10.1 Å². The van der Waals surface area contributed by atoms with E-state index < -0.39 is 17.6 Å². The van der Waals surface area contributed by atoms with Crippen molar-refractivity contribution in [1.82, 2.24) is 0 Å². The number of alkyl halides is 3. The Morgan fingerprint density at radius 3 is 2.34 bits per heavy atom. The molecule has 3 rings (SSSR count). The van der Waals surface area contributed by atoms with Crippen molar-refractivity contribution >= 4 is 17.7 Å². The van der Waals surface area contributed by atoms with Crippen LogP contribution in [0.1, 0.15) is 16.7 Å². The fourth-order valence-electron chi connectivity index (χ4n) is 2.55. The molecule has 0 aromatic heterocycles. The van der Waals surface area contributed by atoms with Crippen LogP contribution in [-0.2, 0) is 17.6 Å². The molecule has 0 heterocycles. The van der Waals surface area contributed by atoms with Gasteiger partial charge in [-0.2, -0.15) is 13.2 Å². The normalized spacial score (nSPS) is 11.4. The van der Waals surface area contributed by atoms with Crippen molar-refractivity contribution in [3.8, 4) is 5.75 Å². The maximum Gasteiger partial charge on any atom is 0.416 e. The Kier molecular flexibility index (Phi) is 6.34. The Hall–Kier alpha value is -3.54. The quantitative estimate of drug-likeness (QED) is 0.523. The van der Waals surface area contributed by atoms with Crippen LogP contribution in [-0.4, -0.2) is 5.91 Å². The van der Waals surface area contributed by atoms with E-state index in [9.17, 15) is 18.0 Å². The number of hydrogen-bond acceptors (Lipinski definition) is 2. The van der Waals surface area contributed by atoms with Gasteiger partial charge in [0, 0.05) is 11.8 Å². The maximum absolute atomic E-state index is 12.6. The smallest absolute Gasteiger partial charge is 0.416 e. The fraction of sp³-hybridized carbons (Fsp3) is 0.0870. The number of ether oxygens (including phenoxy) is 1. The summed E-state index contributed by atoms with van der Waals surface area (Å²) >= 11 is 0. The van der Waals surface area contributed by atoms with Gasteiger partial charge in [-0.1, -0.05) is 42.5 Å². The first kappa shape index (κ1) is 20.2. The minimum absolute atomic E-state index is 0.285. The van der Waals surface area contributed by atoms with E-state index in [1.807, 2.05) is 48.5 Å². The van der Waals surface area contributed by atoms with Crippen LogP contribution < -0.4 is 10.1 Å². The SMILES string of the molecule is O=C(/C=C/c1cccc(OCc2ccccc2)c1)Nc1ccc(C(F)(F)F)cc1. The molecule has 0 fully saturated rings. The summed E-state index contributed by atoms with van der Waals surface area (Å²) in [7, 11) is 0. The van der Waals surface area contributed by atoms with E-state index in [0.717, 1.165) is 23.3 Å². The molecule has 0 saturated heterocycles. The first-order valence-electron chi connectivity index (χ1n) is 8.83. The van der Waals surface area contributed by atoms with Gasteiger partial charge in [-0.15, -0.1) is 0 Å². The molecule has 0 aliphatic heterocycles. The number of hydrogen-bond donors (Lipinski definition) is 1. The summed E-state index contributed by atoms with van der Waals surface area (Å²) in [6.07, 6.45) is -1.49. The molecular formula is C23H18F3NO2. The Labute approximate surface area is 166 Å². The molecule has 3 nitrogen and oxygen atoms in total. The van der Waals surface area contributed by atoms with Gasteiger partial charge in [-0.3, -0.25) is 4.79 Å². The predicted molar refractivity (Wildman–Crippen MR) is 106 cm³/mol. The summed E-state index contributed by atoms with van der Waals surface area (Å²) in [4.78, 5) is 12.0. The highest BCUT2D eigenvalue weighted by atomic mass is 19.4. The molecule has 0 aliphatic rings. The molecule has 0 radical (unpaired) electrons. The molecule has 0 saturated carbocycles. The van der Waals surface area contributed by atoms with E-state index in [0.29, 0.717) is 12.4 Å². The van der Waals surface area contributed by atoms with E-state index in [2.05, 4.69) is 5.32 Å². The molecule has 0 atom stereocenters. The monoisotopic (exact) mass is 397 g/mol. The topological polar surface area (TPSA) is 38.3 Å². The number of rotatable bonds is 6. The molecule has 148 valence electrons. The second-order valence-corrected chi connectivity index (χ2v) is 6.24. The van der Waals surface area contributed by atoms with Gasteiger partial charge in [0.05, 0.1) is 5.56 Å². The van der Waals surface area contributed by atoms with E-state index in [1.165, 1.54) is 18.2 Å². The Bertz CT molecular complexity index is 981. The van der Waals surface area contributed by atoms with Crippen LogP contribution in [0.15, 0.2) is 84.9 Å². The molecule has 0 aliphatic carbocycles. The highest BCUT2D eigenvalue weighted by Crippen LogP contribution is 2.29. The molecule has 0 spiro atoms. The van der Waals surface area contributed by atoms with Crippen molar-refractivity contribution in [3.63, 3.8) is 0 Å². The number of carbonyl (C=O) groups excluding carboxylic acids is 1. The summed E-state index contributed by atoms with van der Waals surface area (Å²) in [5.41, 5.74) is 1.33. The van der Waals surface area contributed by atoms with Gasteiger partial charge in [0.15, 0.2) is 0 Å². The molecule has 3 aromatic carbocycles. The fourth-order valence-corrected chi connectivity index (χ4v) is 2.55. The number of carbonyl (C=O) groups is 1. The van der Waals surface area contributed by atoms with Gasteiger partial charge in [0.1, 0.15) is 12.4 Å². The number of benzene rings is 3. The number of nitrogens with one attached hydrogen (secondary N) is 1. The number of amides is 1. The third kappa shape index (κ3) is 6.24. The van der Waals surface area contributed by atoms with E-state index in [-0.39, 0.29) is 5.69 Å². The summed E-state index contributed by atoms with van der Waals surface area (Å²) < 4.78 is 43.4. The molecule has 6 heteroatoms. The Morgan fingerprint density at radius 1 is 0.931 bits per heavy atom. The van der Waals surface area contributed by atoms with Crippen LogP contribution in [0.3, 0.4) is 0 Å². The lowest BCUT2D eigenvalue weighted by Crippen LogP contribution is -2.09. The lowest BCUT2D eigenvalue weighted by molar-refractivity contribution is -0.137. The van der Waals surface area contributed by atoms with Gasteiger partial charge >= 0.3 is 6.18 Å². The standard InChI is InChI=1S/C23H18F3NO2/c24-23(25,26)19-10-12-20(13-11-19)27-22(28)14-9-17-7-4-8-21(15-17)29-16-18-5-2-1-3-6-18/h1-15H,16H2,(H,27,28)/b14-9+. The van der Waals surface area contributed by atoms with Crippen molar-refractivity contribution in [2.24, 2.45) is 0 Å². The van der Waals surface area contributed by atoms with Gasteiger partial charge in [0.2, 0.25) is 5.91 Å². The molecule has 29 heavy (non-hydrogen) atoms. The van der Waals surface area contributed by atoms with E-state index in [1.54, 1.807) is 12.1 Å². The zero-order valence-electron chi connectivity index (χ0n) is 15.3. The Morgan fingerprint density at radius 2 is 1.66 bits per heavy atom. The van der Waals surface area contributed by atoms with Gasteiger partial charge in [0.25, 0.3) is 0 Å². The van der Waals surface area contributed by atoms with E-state index >= 15 is 0 Å². The first-order chi connectivity index (χ1) is 13.9. The van der Waals surface area contributed by atoms with Crippen molar-refractivity contribution in [3.05, 3.63) is 102 Å². The van der Waals surface area contributed by atoms with Gasteiger partial charge in [-0.25, -0.2) is 0 Å². The van der Waals surface area contributed by atoms with Crippen molar-refractivity contribution in [2.45, 2.75) is 12.8 Å². The Balaban J connectivity index is 1.57. The minimum atomic E-state index is -4.41. The third-order valence-corrected chi connectivity index (χ3v) is 4.01. The average molecular weight is 397 g/mol.